The number of nitrogens with zero attached hydrogens (tertiary/aromatic N) is 1. The normalized spacial score (nSPS) is 16.7. The summed E-state index contributed by atoms with van der Waals surface area (Å²) in [5.41, 5.74) is 6.41. The second-order valence-electron chi connectivity index (χ2n) is 10.1. The van der Waals surface area contributed by atoms with Crippen LogP contribution in [0, 0.1) is 0 Å². The van der Waals surface area contributed by atoms with E-state index in [2.05, 4.69) is 120 Å². The van der Waals surface area contributed by atoms with Crippen molar-refractivity contribution in [1.82, 2.24) is 0 Å². The van der Waals surface area contributed by atoms with E-state index in [1.54, 1.807) is 0 Å². The molecule has 1 fully saturated rings. The predicted molar refractivity (Wildman–Crippen MR) is 144 cm³/mol. The third-order valence-corrected chi connectivity index (χ3v) is 6.98. The Morgan fingerprint density at radius 3 is 1.67 bits per heavy atom. The van der Waals surface area contributed by atoms with Crippen LogP contribution in [0.15, 0.2) is 72.8 Å². The van der Waals surface area contributed by atoms with E-state index < -0.39 is 0 Å². The van der Waals surface area contributed by atoms with Crippen LogP contribution >= 0.6 is 0 Å². The zero-order valence-corrected chi connectivity index (χ0v) is 20.9. The average Bonchev–Trinajstić information content (AvgIpc) is 3.02. The van der Waals surface area contributed by atoms with Crippen molar-refractivity contribution >= 4 is 43.0 Å². The lowest BCUT2D eigenvalue weighted by atomic mass is 9.79. The first-order valence-electron chi connectivity index (χ1n) is 12.1. The number of hydrogen-bond acceptors (Lipinski definition) is 3. The molecule has 0 bridgehead atoms. The third-order valence-electron chi connectivity index (χ3n) is 6.98. The molecule has 0 atom stereocenters. The quantitative estimate of drug-likeness (QED) is 0.481. The van der Waals surface area contributed by atoms with Crippen molar-refractivity contribution in [2.45, 2.75) is 65.1 Å². The zero-order valence-electron chi connectivity index (χ0n) is 20.9. The number of rotatable bonds is 7. The Balaban J connectivity index is 1.64. The summed E-state index contributed by atoms with van der Waals surface area (Å²) in [5.74, 6) is 0. The van der Waals surface area contributed by atoms with E-state index in [1.165, 1.54) is 23.9 Å². The Bertz CT molecular complexity index is 1040. The van der Waals surface area contributed by atoms with Crippen LogP contribution in [0.1, 0.15) is 53.0 Å². The lowest BCUT2D eigenvalue weighted by molar-refractivity contribution is 0.00578. The van der Waals surface area contributed by atoms with Crippen LogP contribution in [0.2, 0.25) is 0 Å². The summed E-state index contributed by atoms with van der Waals surface area (Å²) in [7, 11) is 1.77. The minimum Gasteiger partial charge on any atom is -0.399 e. The first kappa shape index (κ1) is 23.7. The minimum absolute atomic E-state index is 0.343. The van der Waals surface area contributed by atoms with Gasteiger partial charge in [-0.3, -0.25) is 0 Å². The second-order valence-corrected chi connectivity index (χ2v) is 10.1. The number of hydrogen-bond donors (Lipinski definition) is 0. The molecule has 5 heteroatoms. The molecular formula is C28H35B2NO2. The highest BCUT2D eigenvalue weighted by Crippen LogP contribution is 2.37. The predicted octanol–water partition coefficient (Wildman–Crippen LogP) is 5.06. The maximum atomic E-state index is 6.24. The molecule has 1 saturated heterocycles. The van der Waals surface area contributed by atoms with E-state index in [1.807, 2.05) is 0 Å². The topological polar surface area (TPSA) is 21.7 Å². The van der Waals surface area contributed by atoms with E-state index >= 15 is 0 Å². The van der Waals surface area contributed by atoms with Crippen molar-refractivity contribution in [3.63, 3.8) is 0 Å². The van der Waals surface area contributed by atoms with Crippen molar-refractivity contribution in [1.29, 1.82) is 0 Å². The molecular weight excluding hydrogens is 404 g/mol. The molecule has 3 aromatic rings. The molecule has 1 aliphatic rings. The van der Waals surface area contributed by atoms with Crippen molar-refractivity contribution in [3.8, 4) is 0 Å². The molecule has 33 heavy (non-hydrogen) atoms. The van der Waals surface area contributed by atoms with Crippen LogP contribution in [0.4, 0.5) is 17.1 Å². The molecule has 4 rings (SSSR count). The summed E-state index contributed by atoms with van der Waals surface area (Å²) < 4.78 is 12.5. The van der Waals surface area contributed by atoms with Crippen LogP contribution in [0.25, 0.3) is 0 Å². The van der Waals surface area contributed by atoms with Crippen molar-refractivity contribution in [2.75, 3.05) is 4.90 Å². The molecule has 3 aromatic carbocycles. The molecule has 0 aromatic heterocycles. The van der Waals surface area contributed by atoms with Gasteiger partial charge in [0.1, 0.15) is 7.85 Å². The molecule has 0 saturated carbocycles. The van der Waals surface area contributed by atoms with E-state index in [4.69, 9.17) is 9.31 Å². The van der Waals surface area contributed by atoms with Gasteiger partial charge in [0, 0.05) is 17.1 Å². The van der Waals surface area contributed by atoms with E-state index in [-0.39, 0.29) is 18.3 Å². The lowest BCUT2D eigenvalue weighted by Gasteiger charge is -2.32. The first-order valence-corrected chi connectivity index (χ1v) is 12.1. The van der Waals surface area contributed by atoms with Gasteiger partial charge < -0.3 is 14.2 Å². The Morgan fingerprint density at radius 1 is 0.727 bits per heavy atom. The molecule has 0 spiro atoms. The van der Waals surface area contributed by atoms with Gasteiger partial charge >= 0.3 is 7.12 Å². The van der Waals surface area contributed by atoms with Crippen LogP contribution in [-0.2, 0) is 15.7 Å². The van der Waals surface area contributed by atoms with Gasteiger partial charge in [0.25, 0.3) is 0 Å². The summed E-state index contributed by atoms with van der Waals surface area (Å²) in [4.78, 5) is 2.30. The van der Waals surface area contributed by atoms with Gasteiger partial charge in [0.15, 0.2) is 0 Å². The largest absolute Gasteiger partial charge is 0.494 e. The summed E-state index contributed by atoms with van der Waals surface area (Å²) in [6, 6.07) is 26.2. The number of benzene rings is 3. The molecule has 0 unspecified atom stereocenters. The van der Waals surface area contributed by atoms with Crippen LogP contribution in [0.5, 0.6) is 0 Å². The maximum Gasteiger partial charge on any atom is 0.494 e. The molecule has 0 aliphatic carbocycles. The fourth-order valence-electron chi connectivity index (χ4n) is 4.09. The van der Waals surface area contributed by atoms with Crippen LogP contribution < -0.4 is 15.8 Å². The number of aryl methyl sites for hydroxylation is 1. The molecule has 3 nitrogen and oxygen atoms in total. The highest BCUT2D eigenvalue weighted by Gasteiger charge is 2.51. The minimum atomic E-state index is -0.352. The Hall–Kier alpha value is -2.49. The molecule has 0 amide bonds. The van der Waals surface area contributed by atoms with Gasteiger partial charge in [-0.2, -0.15) is 0 Å². The molecule has 0 N–H and O–H groups in total. The number of anilines is 3. The van der Waals surface area contributed by atoms with Gasteiger partial charge in [0.05, 0.1) is 11.2 Å². The van der Waals surface area contributed by atoms with Gasteiger partial charge in [-0.1, -0.05) is 55.2 Å². The molecule has 1 heterocycles. The zero-order chi connectivity index (χ0) is 23.6. The van der Waals surface area contributed by atoms with E-state index in [9.17, 15) is 0 Å². The van der Waals surface area contributed by atoms with Gasteiger partial charge in [-0.15, -0.1) is 0 Å². The number of unbranched alkanes of at least 4 members (excludes halogenated alkanes) is 1. The fraction of sp³-hybridized carbons (Fsp3) is 0.357. The first-order chi connectivity index (χ1) is 15.7. The molecule has 170 valence electrons. The van der Waals surface area contributed by atoms with Crippen molar-refractivity contribution in [3.05, 3.63) is 78.4 Å². The standard InChI is InChI=1S/C28H35B2NO2/c1-6-7-8-21-9-15-24(16-10-21)31(25-17-11-22(29)12-18-25)26-19-13-23(14-20-26)30-32-27(2,3)28(4,5)33-30/h9-20H,6-8,29H2,1-5H3. The third kappa shape index (κ3) is 5.05. The Morgan fingerprint density at radius 2 is 1.18 bits per heavy atom. The summed E-state index contributed by atoms with van der Waals surface area (Å²) in [5, 5.41) is 0. The molecule has 1 aliphatic heterocycles. The maximum absolute atomic E-state index is 6.24. The average molecular weight is 439 g/mol. The SMILES string of the molecule is Bc1ccc(N(c2ccc(CCCC)cc2)c2ccc(B3OC(C)(C)C(C)(C)O3)cc2)cc1. The fourth-order valence-corrected chi connectivity index (χ4v) is 4.09. The summed E-state index contributed by atoms with van der Waals surface area (Å²) >= 11 is 0. The van der Waals surface area contributed by atoms with Gasteiger partial charge in [0.2, 0.25) is 0 Å². The van der Waals surface area contributed by atoms with Gasteiger partial charge in [-0.25, -0.2) is 0 Å². The van der Waals surface area contributed by atoms with E-state index in [0.29, 0.717) is 0 Å². The van der Waals surface area contributed by atoms with Crippen molar-refractivity contribution < 1.29 is 9.31 Å². The smallest absolute Gasteiger partial charge is 0.399 e. The van der Waals surface area contributed by atoms with Crippen LogP contribution in [0.3, 0.4) is 0 Å². The van der Waals surface area contributed by atoms with Crippen molar-refractivity contribution in [2.24, 2.45) is 0 Å². The highest BCUT2D eigenvalue weighted by molar-refractivity contribution is 6.62. The monoisotopic (exact) mass is 439 g/mol. The Labute approximate surface area is 200 Å². The Kier molecular flexibility index (Phi) is 6.74. The summed E-state index contributed by atoms with van der Waals surface area (Å²) in [6.45, 7) is 10.6. The highest BCUT2D eigenvalue weighted by atomic mass is 16.7. The lowest BCUT2D eigenvalue weighted by Crippen LogP contribution is -2.41. The van der Waals surface area contributed by atoms with E-state index in [0.717, 1.165) is 28.9 Å². The molecule has 0 radical (unpaired) electrons. The van der Waals surface area contributed by atoms with Gasteiger partial charge in [-0.05, 0) is 88.0 Å². The second kappa shape index (κ2) is 9.40. The summed E-state index contributed by atoms with van der Waals surface area (Å²) in [6.07, 6.45) is 3.57. The van der Waals surface area contributed by atoms with Crippen LogP contribution in [-0.4, -0.2) is 26.2 Å².